The maximum absolute atomic E-state index is 11.6. The number of nitrogens with two attached hydrogens (primary N) is 1. The molecule has 20 atom stereocenters. The number of rotatable bonds is 21. The average Bonchev–Trinajstić information content (AvgIpc) is 3.18. The molecule has 0 radical (unpaired) electrons. The topological polar surface area (TPSA) is 432 Å². The summed E-state index contributed by atoms with van der Waals surface area (Å²) < 4.78 is 123. The van der Waals surface area contributed by atoms with E-state index in [2.05, 4.69) is 8.37 Å². The number of hydrogen-bond acceptors (Lipinski definition) is 25. The number of carbonyl (C=O) groups excluding carboxylic acids is 1. The Balaban J connectivity index is 1.53. The van der Waals surface area contributed by atoms with Crippen molar-refractivity contribution < 1.29 is 127 Å². The van der Waals surface area contributed by atoms with E-state index in [4.69, 9.17) is 48.4 Å². The molecule has 8 unspecified atom stereocenters. The van der Waals surface area contributed by atoms with Gasteiger partial charge >= 0.3 is 26.8 Å². The van der Waals surface area contributed by atoms with Crippen molar-refractivity contribution in [3.63, 3.8) is 0 Å². The summed E-state index contributed by atoms with van der Waals surface area (Å²) in [5.41, 5.74) is 5.50. The van der Waals surface area contributed by atoms with Crippen molar-refractivity contribution in [2.45, 2.75) is 144 Å². The number of unbranched alkanes of at least 4 members (excludes halogenated alkanes) is 2. The monoisotopic (exact) mass is 935 g/mol. The minimum Gasteiger partial charge on any atom is -0.479 e. The number of carboxylic acid groups (broad SMARTS) is 1. The van der Waals surface area contributed by atoms with E-state index >= 15 is 0 Å². The molecule has 4 rings (SSSR count). The molecule has 4 fully saturated rings. The second-order valence-electron chi connectivity index (χ2n) is 14.6. The fourth-order valence-corrected chi connectivity index (χ4v) is 7.46. The number of aliphatic carboxylic acids is 1. The highest BCUT2D eigenvalue weighted by atomic mass is 32.3. The lowest BCUT2D eigenvalue weighted by Crippen LogP contribution is -2.66. The van der Waals surface area contributed by atoms with Gasteiger partial charge in [-0.2, -0.15) is 16.8 Å². The van der Waals surface area contributed by atoms with Gasteiger partial charge in [0.05, 0.1) is 25.4 Å². The lowest BCUT2D eigenvalue weighted by molar-refractivity contribution is -0.399. The van der Waals surface area contributed by atoms with Crippen molar-refractivity contribution in [1.82, 2.24) is 0 Å². The summed E-state index contributed by atoms with van der Waals surface area (Å²) in [7, 11) is -10.3. The largest absolute Gasteiger partial charge is 0.479 e. The normalized spacial score (nSPS) is 42.5. The van der Waals surface area contributed by atoms with Gasteiger partial charge in [0.2, 0.25) is 6.29 Å². The van der Waals surface area contributed by atoms with Gasteiger partial charge in [0.1, 0.15) is 54.9 Å². The van der Waals surface area contributed by atoms with Gasteiger partial charge in [0, 0.05) is 18.4 Å². The number of carboxylic acids is 1. The third kappa shape index (κ3) is 13.5. The highest BCUT2D eigenvalue weighted by molar-refractivity contribution is 7.81. The molecule has 0 bridgehead atoms. The maximum atomic E-state index is 11.6. The van der Waals surface area contributed by atoms with Crippen LogP contribution in [0.25, 0.3) is 0 Å². The van der Waals surface area contributed by atoms with Gasteiger partial charge in [-0.1, -0.05) is 13.8 Å². The first-order chi connectivity index (χ1) is 28.5. The molecule has 356 valence electrons. The van der Waals surface area contributed by atoms with Gasteiger partial charge in [0.25, 0.3) is 6.47 Å². The average molecular weight is 936 g/mol. The lowest BCUT2D eigenvalue weighted by atomic mass is 9.91. The Kier molecular flexibility index (Phi) is 18.9. The zero-order valence-electron chi connectivity index (χ0n) is 32.4. The molecular formula is C31H53NO27S2. The molecule has 0 aliphatic carbocycles. The third-order valence-electron chi connectivity index (χ3n) is 10.2. The smallest absolute Gasteiger partial charge is 0.397 e. The van der Waals surface area contributed by atoms with Crippen molar-refractivity contribution in [2.75, 3.05) is 26.4 Å². The predicted molar refractivity (Wildman–Crippen MR) is 188 cm³/mol. The van der Waals surface area contributed by atoms with Gasteiger partial charge in [-0.15, -0.1) is 0 Å². The van der Waals surface area contributed by atoms with E-state index < -0.39 is 163 Å². The molecule has 0 saturated carbocycles. The first kappa shape index (κ1) is 51.7. The van der Waals surface area contributed by atoms with Crippen molar-refractivity contribution >= 4 is 33.2 Å². The number of ether oxygens (including phenoxy) is 9. The summed E-state index contributed by atoms with van der Waals surface area (Å²) in [6.45, 7) is 0.982. The Morgan fingerprint density at radius 3 is 1.61 bits per heavy atom. The first-order valence-corrected chi connectivity index (χ1v) is 21.4. The number of carbonyl (C=O) groups is 2. The Hall–Kier alpha value is -1.96. The van der Waals surface area contributed by atoms with Crippen LogP contribution < -0.4 is 5.73 Å². The lowest BCUT2D eigenvalue weighted by Gasteiger charge is -2.49. The Morgan fingerprint density at radius 2 is 1.10 bits per heavy atom. The Bertz CT molecular complexity index is 1630. The number of hydrogen-bond donors (Lipinski definition) is 11. The molecule has 4 saturated heterocycles. The zero-order chi connectivity index (χ0) is 45.6. The molecule has 4 aliphatic rings. The number of aliphatic hydroxyl groups excluding tert-OH is 7. The molecule has 61 heavy (non-hydrogen) atoms. The van der Waals surface area contributed by atoms with E-state index in [1.807, 2.05) is 0 Å². The predicted octanol–water partition coefficient (Wildman–Crippen LogP) is -6.16. The maximum Gasteiger partial charge on any atom is 0.397 e. The van der Waals surface area contributed by atoms with Crippen LogP contribution in [0, 0.1) is 11.8 Å². The summed E-state index contributed by atoms with van der Waals surface area (Å²) in [6.07, 6.45) is -32.6. The van der Waals surface area contributed by atoms with E-state index in [0.717, 1.165) is 0 Å². The molecule has 4 heterocycles. The summed E-state index contributed by atoms with van der Waals surface area (Å²) in [5.74, 6) is -4.05. The van der Waals surface area contributed by atoms with Gasteiger partial charge < -0.3 is 89.2 Å². The summed E-state index contributed by atoms with van der Waals surface area (Å²) in [5, 5.41) is 85.2. The third-order valence-corrected chi connectivity index (χ3v) is 11.1. The van der Waals surface area contributed by atoms with Crippen molar-refractivity contribution in [1.29, 1.82) is 0 Å². The van der Waals surface area contributed by atoms with Crippen LogP contribution in [-0.4, -0.2) is 216 Å². The van der Waals surface area contributed by atoms with E-state index in [0.29, 0.717) is 25.8 Å². The van der Waals surface area contributed by atoms with Crippen LogP contribution in [0.4, 0.5) is 0 Å². The Morgan fingerprint density at radius 1 is 0.607 bits per heavy atom. The van der Waals surface area contributed by atoms with Gasteiger partial charge in [0.15, 0.2) is 37.4 Å². The first-order valence-electron chi connectivity index (χ1n) is 18.7. The molecule has 0 amide bonds. The van der Waals surface area contributed by atoms with Crippen LogP contribution in [0.2, 0.25) is 0 Å². The van der Waals surface area contributed by atoms with Gasteiger partial charge in [-0.25, -0.2) is 13.2 Å². The van der Waals surface area contributed by atoms with Gasteiger partial charge in [-0.3, -0.25) is 13.9 Å². The molecule has 0 aromatic heterocycles. The molecule has 4 aliphatic heterocycles. The second kappa shape index (κ2) is 22.3. The molecule has 12 N–H and O–H groups in total. The van der Waals surface area contributed by atoms with Crippen LogP contribution >= 0.6 is 0 Å². The van der Waals surface area contributed by atoms with E-state index in [1.165, 1.54) is 13.8 Å². The Labute approximate surface area is 348 Å². The van der Waals surface area contributed by atoms with Crippen LogP contribution in [0.5, 0.6) is 0 Å². The summed E-state index contributed by atoms with van der Waals surface area (Å²) >= 11 is 0. The van der Waals surface area contributed by atoms with Crippen LogP contribution in [0.3, 0.4) is 0 Å². The molecule has 0 aromatic carbocycles. The van der Waals surface area contributed by atoms with E-state index in [-0.39, 0.29) is 13.1 Å². The quantitative estimate of drug-likeness (QED) is 0.0290. The molecule has 0 spiro atoms. The minimum atomic E-state index is -5.23. The fourth-order valence-electron chi connectivity index (χ4n) is 6.84. The molecule has 30 heteroatoms. The van der Waals surface area contributed by atoms with Crippen LogP contribution in [-0.2, 0) is 81.4 Å². The molecule has 28 nitrogen and oxygen atoms in total. The number of aliphatic hydroxyl groups is 7. The minimum absolute atomic E-state index is 0.143. The van der Waals surface area contributed by atoms with Crippen molar-refractivity contribution in [3.8, 4) is 0 Å². The summed E-state index contributed by atoms with van der Waals surface area (Å²) in [6, 6.07) is 0. The highest BCUT2D eigenvalue weighted by Crippen LogP contribution is 2.37. The SMILES string of the molecule is CC1C(O)[C@H](O[C@@H]2O[C@@H](OC=O)[C@@H](O[C@H]3OC(COS(=O)(=O)O)[C@@H](O[C@@H]4OC(C(=O)O)[C@@H](O)[C@H](O)C4O)[C@H](O)C3C)C(O)C2O)[C@H](COS(=O)(=O)O)O[C@@H]1OCCCCCN. The zero-order valence-corrected chi connectivity index (χ0v) is 34.0. The molecular weight excluding hydrogens is 882 g/mol. The van der Waals surface area contributed by atoms with E-state index in [1.54, 1.807) is 0 Å². The standard InChI is InChI=1S/C31H53NO27S2/c1-11-15(34)22(13(8-51-60(43,44)45)53-27(11)49-7-5-3-4-6-32)56-30-21(40)19(38)25(31(59-30)50-10-33)58-28-12(2)16(35)23(14(54-28)9-52-61(46,47)48)55-29-20(39)17(36)18(37)24(57-29)26(41)42/h10-25,27-31,34-40H,3-9,32H2,1-2H3,(H,41,42)(H,43,44,45)(H,46,47,48)/t11?,12?,13-,14?,15?,16+,17-,18-,19?,20?,21?,22+,23+,24?,25-,27-,28+,29+,30+,31+/m0/s1. The van der Waals surface area contributed by atoms with E-state index in [9.17, 15) is 76.4 Å². The molecule has 0 aromatic rings. The van der Waals surface area contributed by atoms with Gasteiger partial charge in [-0.05, 0) is 25.8 Å². The fraction of sp³-hybridized carbons (Fsp3) is 0.935. The van der Waals surface area contributed by atoms with Crippen molar-refractivity contribution in [2.24, 2.45) is 17.6 Å². The van der Waals surface area contributed by atoms with Crippen molar-refractivity contribution in [3.05, 3.63) is 0 Å². The van der Waals surface area contributed by atoms with Crippen LogP contribution in [0.15, 0.2) is 0 Å². The summed E-state index contributed by atoms with van der Waals surface area (Å²) in [4.78, 5) is 23.2. The second-order valence-corrected chi connectivity index (χ2v) is 16.7. The van der Waals surface area contributed by atoms with Crippen LogP contribution in [0.1, 0.15) is 33.1 Å². The highest BCUT2D eigenvalue weighted by Gasteiger charge is 2.56.